The first kappa shape index (κ1) is 9.30. The van der Waals surface area contributed by atoms with Crippen molar-refractivity contribution in [1.82, 2.24) is 10.9 Å². The molecular weight excluding hydrogens is 78.1 g/mol. The van der Waals surface area contributed by atoms with Gasteiger partial charge in [-0.3, -0.25) is 10.9 Å². The SMILES string of the molecule is CN.CNNC. The van der Waals surface area contributed by atoms with Crippen molar-refractivity contribution in [2.45, 2.75) is 0 Å². The van der Waals surface area contributed by atoms with Crippen LogP contribution in [-0.2, 0) is 0 Å². The van der Waals surface area contributed by atoms with E-state index in [1.165, 1.54) is 7.05 Å². The fraction of sp³-hybridized carbons (Fsp3) is 1.00. The minimum absolute atomic E-state index is 1.50. The van der Waals surface area contributed by atoms with Crippen LogP contribution in [0.1, 0.15) is 0 Å². The van der Waals surface area contributed by atoms with Crippen LogP contribution in [-0.4, -0.2) is 21.1 Å². The largest absolute Gasteiger partial charge is 0.333 e. The van der Waals surface area contributed by atoms with Crippen LogP contribution in [0.5, 0.6) is 0 Å². The van der Waals surface area contributed by atoms with Crippen LogP contribution in [0, 0.1) is 0 Å². The summed E-state index contributed by atoms with van der Waals surface area (Å²) in [5.74, 6) is 0. The van der Waals surface area contributed by atoms with Gasteiger partial charge < -0.3 is 5.73 Å². The quantitative estimate of drug-likeness (QED) is 0.360. The molecule has 0 rings (SSSR count). The van der Waals surface area contributed by atoms with Gasteiger partial charge in [-0.15, -0.1) is 0 Å². The second-order valence-electron chi connectivity index (χ2n) is 0.500. The van der Waals surface area contributed by atoms with Crippen LogP contribution in [0.3, 0.4) is 0 Å². The van der Waals surface area contributed by atoms with Gasteiger partial charge in [-0.2, -0.15) is 0 Å². The van der Waals surface area contributed by atoms with E-state index in [0.717, 1.165) is 0 Å². The monoisotopic (exact) mass is 91.1 g/mol. The van der Waals surface area contributed by atoms with Crippen LogP contribution < -0.4 is 16.6 Å². The summed E-state index contributed by atoms with van der Waals surface area (Å²) in [6.45, 7) is 0. The zero-order valence-electron chi connectivity index (χ0n) is 4.58. The molecule has 40 valence electrons. The Morgan fingerprint density at radius 1 is 1.00 bits per heavy atom. The molecule has 0 amide bonds. The maximum absolute atomic E-state index is 4.50. The van der Waals surface area contributed by atoms with Gasteiger partial charge in [0.2, 0.25) is 0 Å². The van der Waals surface area contributed by atoms with Crippen molar-refractivity contribution in [3.05, 3.63) is 0 Å². The second kappa shape index (κ2) is 20.8. The van der Waals surface area contributed by atoms with E-state index >= 15 is 0 Å². The molecular formula is C3H13N3. The van der Waals surface area contributed by atoms with Gasteiger partial charge in [-0.1, -0.05) is 0 Å². The lowest BCUT2D eigenvalue weighted by molar-refractivity contribution is 0.689. The lowest BCUT2D eigenvalue weighted by Crippen LogP contribution is -2.21. The molecule has 0 aliphatic carbocycles. The Labute approximate surface area is 38.9 Å². The van der Waals surface area contributed by atoms with Gasteiger partial charge in [0.25, 0.3) is 0 Å². The van der Waals surface area contributed by atoms with Gasteiger partial charge in [0, 0.05) is 0 Å². The third-order valence-electron chi connectivity index (χ3n) is 0.250. The van der Waals surface area contributed by atoms with Crippen LogP contribution in [0.4, 0.5) is 0 Å². The van der Waals surface area contributed by atoms with E-state index in [9.17, 15) is 0 Å². The van der Waals surface area contributed by atoms with Crippen LogP contribution >= 0.6 is 0 Å². The van der Waals surface area contributed by atoms with Gasteiger partial charge in [0.1, 0.15) is 0 Å². The standard InChI is InChI=1S/C2H8N2.CH5N/c1-3-4-2;1-2/h3-4H,1-2H3;2H2,1H3. The maximum Gasteiger partial charge on any atom is -0.00150 e. The Morgan fingerprint density at radius 3 is 1.17 bits per heavy atom. The van der Waals surface area contributed by atoms with Gasteiger partial charge in [0.15, 0.2) is 0 Å². The average molecular weight is 91.2 g/mol. The molecule has 0 unspecified atom stereocenters. The summed E-state index contributed by atoms with van der Waals surface area (Å²) in [5, 5.41) is 0. The van der Waals surface area contributed by atoms with Crippen molar-refractivity contribution in [2.75, 3.05) is 21.1 Å². The molecule has 0 aliphatic heterocycles. The first-order chi connectivity index (χ1) is 2.91. The molecule has 0 aliphatic rings. The number of nitrogens with one attached hydrogen (secondary N) is 2. The second-order valence-corrected chi connectivity index (χ2v) is 0.500. The Balaban J connectivity index is 0. The first-order valence-corrected chi connectivity index (χ1v) is 1.83. The summed E-state index contributed by atoms with van der Waals surface area (Å²) in [6, 6.07) is 0. The van der Waals surface area contributed by atoms with E-state index in [2.05, 4.69) is 16.6 Å². The van der Waals surface area contributed by atoms with Crippen LogP contribution in [0.25, 0.3) is 0 Å². The summed E-state index contributed by atoms with van der Waals surface area (Å²) in [4.78, 5) is 0. The van der Waals surface area contributed by atoms with E-state index in [-0.39, 0.29) is 0 Å². The molecule has 3 nitrogen and oxygen atoms in total. The highest BCUT2D eigenvalue weighted by molar-refractivity contribution is 3.99. The van der Waals surface area contributed by atoms with E-state index in [0.29, 0.717) is 0 Å². The lowest BCUT2D eigenvalue weighted by Gasteiger charge is -1.81. The van der Waals surface area contributed by atoms with Crippen LogP contribution in [0.15, 0.2) is 0 Å². The topological polar surface area (TPSA) is 50.1 Å². The van der Waals surface area contributed by atoms with E-state index in [1.54, 1.807) is 0 Å². The van der Waals surface area contributed by atoms with Gasteiger partial charge in [-0.05, 0) is 21.1 Å². The molecule has 0 aromatic heterocycles. The summed E-state index contributed by atoms with van der Waals surface area (Å²) in [7, 11) is 5.14. The van der Waals surface area contributed by atoms with Gasteiger partial charge in [0.05, 0.1) is 0 Å². The minimum Gasteiger partial charge on any atom is -0.333 e. The normalized spacial score (nSPS) is 6.00. The number of hydrazine groups is 1. The third-order valence-corrected chi connectivity index (χ3v) is 0.250. The fourth-order valence-corrected chi connectivity index (χ4v) is 0. The number of hydrogen-bond donors (Lipinski definition) is 3. The molecule has 0 radical (unpaired) electrons. The predicted octanol–water partition coefficient (Wildman–Crippen LogP) is -1.08. The molecule has 0 spiro atoms. The minimum atomic E-state index is 1.50. The molecule has 0 atom stereocenters. The zero-order chi connectivity index (χ0) is 5.41. The van der Waals surface area contributed by atoms with Crippen molar-refractivity contribution >= 4 is 0 Å². The summed E-state index contributed by atoms with van der Waals surface area (Å²) < 4.78 is 0. The number of nitrogens with two attached hydrogens (primary N) is 1. The van der Waals surface area contributed by atoms with Crippen LogP contribution in [0.2, 0.25) is 0 Å². The Morgan fingerprint density at radius 2 is 1.17 bits per heavy atom. The highest BCUT2D eigenvalue weighted by Crippen LogP contribution is 1.07. The van der Waals surface area contributed by atoms with Crippen molar-refractivity contribution in [3.63, 3.8) is 0 Å². The Bertz CT molecular complexity index is 8.00. The molecule has 0 saturated heterocycles. The van der Waals surface area contributed by atoms with Crippen molar-refractivity contribution in [3.8, 4) is 0 Å². The summed E-state index contributed by atoms with van der Waals surface area (Å²) in [5.41, 5.74) is 9.86. The molecule has 0 saturated carbocycles. The molecule has 0 aromatic rings. The lowest BCUT2D eigenvalue weighted by atomic mass is 11.4. The summed E-state index contributed by atoms with van der Waals surface area (Å²) >= 11 is 0. The predicted molar refractivity (Wildman–Crippen MR) is 28.2 cm³/mol. The summed E-state index contributed by atoms with van der Waals surface area (Å²) in [6.07, 6.45) is 0. The van der Waals surface area contributed by atoms with Crippen molar-refractivity contribution in [2.24, 2.45) is 5.73 Å². The average Bonchev–Trinajstić information content (AvgIpc) is 1.72. The smallest absolute Gasteiger partial charge is 0.00150 e. The van der Waals surface area contributed by atoms with Crippen molar-refractivity contribution < 1.29 is 0 Å². The molecule has 3 heteroatoms. The highest BCUT2D eigenvalue weighted by Gasteiger charge is 1.44. The van der Waals surface area contributed by atoms with E-state index in [1.807, 2.05) is 14.1 Å². The van der Waals surface area contributed by atoms with E-state index < -0.39 is 0 Å². The number of hydrogen-bond acceptors (Lipinski definition) is 3. The molecule has 6 heavy (non-hydrogen) atoms. The van der Waals surface area contributed by atoms with Gasteiger partial charge in [-0.25, -0.2) is 0 Å². The zero-order valence-corrected chi connectivity index (χ0v) is 4.58. The maximum atomic E-state index is 4.50. The first-order valence-electron chi connectivity index (χ1n) is 1.83. The molecule has 4 N–H and O–H groups in total. The Hall–Kier alpha value is -0.120. The molecule has 0 aromatic carbocycles. The molecule has 0 fully saturated rings. The Kier molecular flexibility index (Phi) is 32.2. The molecule has 0 bridgehead atoms. The van der Waals surface area contributed by atoms with E-state index in [4.69, 9.17) is 0 Å². The molecule has 0 heterocycles. The fourth-order valence-electron chi connectivity index (χ4n) is 0. The number of rotatable bonds is 1. The highest BCUT2D eigenvalue weighted by atomic mass is 15.3. The third kappa shape index (κ3) is 41.6. The van der Waals surface area contributed by atoms with Gasteiger partial charge >= 0.3 is 0 Å². The van der Waals surface area contributed by atoms with Crippen molar-refractivity contribution in [1.29, 1.82) is 0 Å².